The van der Waals surface area contributed by atoms with Gasteiger partial charge in [0.1, 0.15) is 8.07 Å². The van der Waals surface area contributed by atoms with Crippen molar-refractivity contribution in [2.45, 2.75) is 26.1 Å². The summed E-state index contributed by atoms with van der Waals surface area (Å²) in [6, 6.07) is 11.7. The van der Waals surface area contributed by atoms with Gasteiger partial charge in [-0.25, -0.2) is 0 Å². The summed E-state index contributed by atoms with van der Waals surface area (Å²) in [5.41, 5.74) is 5.98. The molecule has 1 aromatic carbocycles. The lowest BCUT2D eigenvalue weighted by molar-refractivity contribution is 1.15. The van der Waals surface area contributed by atoms with Crippen molar-refractivity contribution in [2.24, 2.45) is 0 Å². The molecule has 1 heterocycles. The van der Waals surface area contributed by atoms with Gasteiger partial charge in [-0.2, -0.15) is 0 Å². The fraction of sp³-hybridized carbons (Fsp3) is 0.286. The van der Waals surface area contributed by atoms with E-state index in [1.807, 2.05) is 0 Å². The molecule has 1 aromatic rings. The van der Waals surface area contributed by atoms with Gasteiger partial charge in [0.25, 0.3) is 0 Å². The highest BCUT2D eigenvalue weighted by molar-refractivity contribution is 6.83. The zero-order valence-electron chi connectivity index (χ0n) is 10.1. The molecule has 82 valence electrons. The SMILES string of the molecule is C[Si](C)(C)C#CN1C=CCc2ccccc21. The van der Waals surface area contributed by atoms with Crippen molar-refractivity contribution in [1.82, 2.24) is 0 Å². The van der Waals surface area contributed by atoms with E-state index in [0.717, 1.165) is 6.42 Å². The van der Waals surface area contributed by atoms with Gasteiger partial charge in [-0.15, -0.1) is 5.54 Å². The van der Waals surface area contributed by atoms with E-state index in [9.17, 15) is 0 Å². The molecule has 1 nitrogen and oxygen atoms in total. The lowest BCUT2D eigenvalue weighted by Crippen LogP contribution is -2.20. The van der Waals surface area contributed by atoms with Crippen LogP contribution in [0.25, 0.3) is 0 Å². The Morgan fingerprint density at radius 2 is 1.94 bits per heavy atom. The molecular weight excluding hydrogens is 210 g/mol. The molecule has 1 aliphatic rings. The zero-order chi connectivity index (χ0) is 11.6. The second-order valence-electron chi connectivity index (χ2n) is 5.07. The van der Waals surface area contributed by atoms with Crippen LogP contribution in [0.5, 0.6) is 0 Å². The van der Waals surface area contributed by atoms with E-state index in [2.05, 4.69) is 72.7 Å². The van der Waals surface area contributed by atoms with Gasteiger partial charge < -0.3 is 0 Å². The highest BCUT2D eigenvalue weighted by Gasteiger charge is 2.12. The Balaban J connectivity index is 2.32. The summed E-state index contributed by atoms with van der Waals surface area (Å²) < 4.78 is 0. The first-order chi connectivity index (χ1) is 7.56. The van der Waals surface area contributed by atoms with Crippen LogP contribution in [0, 0.1) is 11.6 Å². The molecule has 16 heavy (non-hydrogen) atoms. The Morgan fingerprint density at radius 1 is 1.19 bits per heavy atom. The van der Waals surface area contributed by atoms with Crippen molar-refractivity contribution >= 4 is 13.8 Å². The summed E-state index contributed by atoms with van der Waals surface area (Å²) >= 11 is 0. The van der Waals surface area contributed by atoms with Crippen molar-refractivity contribution in [3.05, 3.63) is 42.1 Å². The van der Waals surface area contributed by atoms with Gasteiger partial charge in [0.05, 0.1) is 5.69 Å². The highest BCUT2D eigenvalue weighted by atomic mass is 28.3. The minimum Gasteiger partial charge on any atom is -0.278 e. The molecule has 0 N–H and O–H groups in total. The van der Waals surface area contributed by atoms with E-state index in [1.165, 1.54) is 11.3 Å². The quantitative estimate of drug-likeness (QED) is 0.485. The highest BCUT2D eigenvalue weighted by Crippen LogP contribution is 2.24. The third-order valence-electron chi connectivity index (χ3n) is 2.39. The minimum atomic E-state index is -1.30. The third-order valence-corrected chi connectivity index (χ3v) is 3.26. The van der Waals surface area contributed by atoms with Gasteiger partial charge in [0.2, 0.25) is 0 Å². The summed E-state index contributed by atoms with van der Waals surface area (Å²) in [7, 11) is -1.30. The van der Waals surface area contributed by atoms with Crippen LogP contribution in [-0.2, 0) is 6.42 Å². The number of anilines is 1. The number of hydrogen-bond donors (Lipinski definition) is 0. The Morgan fingerprint density at radius 3 is 2.69 bits per heavy atom. The average Bonchev–Trinajstić information content (AvgIpc) is 2.25. The molecule has 0 aliphatic carbocycles. The standard InChI is InChI=1S/C14H17NSi/c1-16(2,3)12-11-15-10-6-8-13-7-4-5-9-14(13)15/h4-7,9-10H,8H2,1-3H3. The maximum absolute atomic E-state index is 3.40. The molecule has 1 aliphatic heterocycles. The Hall–Kier alpha value is -1.46. The molecule has 0 amide bonds. The molecule has 2 rings (SSSR count). The summed E-state index contributed by atoms with van der Waals surface area (Å²) in [5, 5.41) is 0. The van der Waals surface area contributed by atoms with E-state index in [0.29, 0.717) is 0 Å². The lowest BCUT2D eigenvalue weighted by Gasteiger charge is -2.21. The van der Waals surface area contributed by atoms with Gasteiger partial charge in [-0.3, -0.25) is 4.90 Å². The molecular formula is C14H17NSi. The van der Waals surface area contributed by atoms with E-state index < -0.39 is 8.07 Å². The predicted molar refractivity (Wildman–Crippen MR) is 72.9 cm³/mol. The van der Waals surface area contributed by atoms with Gasteiger partial charge in [-0.05, 0) is 18.1 Å². The Bertz CT molecular complexity index is 471. The topological polar surface area (TPSA) is 3.24 Å². The number of benzene rings is 1. The summed E-state index contributed by atoms with van der Waals surface area (Å²) in [6.07, 6.45) is 5.26. The number of fused-ring (bicyclic) bond motifs is 1. The van der Waals surface area contributed by atoms with Crippen LogP contribution in [-0.4, -0.2) is 8.07 Å². The Kier molecular flexibility index (Phi) is 2.89. The molecule has 0 aromatic heterocycles. The van der Waals surface area contributed by atoms with Crippen LogP contribution in [0.4, 0.5) is 5.69 Å². The van der Waals surface area contributed by atoms with E-state index >= 15 is 0 Å². The molecule has 0 spiro atoms. The molecule has 0 atom stereocenters. The summed E-state index contributed by atoms with van der Waals surface area (Å²) in [6.45, 7) is 6.79. The number of allylic oxidation sites excluding steroid dienone is 1. The Labute approximate surface area is 98.8 Å². The van der Waals surface area contributed by atoms with Gasteiger partial charge >= 0.3 is 0 Å². The molecule has 0 saturated carbocycles. The fourth-order valence-electron chi connectivity index (χ4n) is 1.61. The van der Waals surface area contributed by atoms with Crippen LogP contribution < -0.4 is 4.90 Å². The van der Waals surface area contributed by atoms with Crippen LogP contribution in [0.15, 0.2) is 36.5 Å². The predicted octanol–water partition coefficient (Wildman–Crippen LogP) is 3.40. The van der Waals surface area contributed by atoms with Crippen LogP contribution in [0.2, 0.25) is 19.6 Å². The van der Waals surface area contributed by atoms with Crippen LogP contribution in [0.3, 0.4) is 0 Å². The van der Waals surface area contributed by atoms with E-state index in [1.54, 1.807) is 0 Å². The van der Waals surface area contributed by atoms with E-state index in [-0.39, 0.29) is 0 Å². The first-order valence-electron chi connectivity index (χ1n) is 5.63. The molecule has 2 heteroatoms. The normalized spacial score (nSPS) is 14.1. The maximum atomic E-state index is 3.40. The van der Waals surface area contributed by atoms with Crippen molar-refractivity contribution in [1.29, 1.82) is 0 Å². The first kappa shape index (κ1) is 11.0. The third kappa shape index (κ3) is 2.56. The molecule has 0 unspecified atom stereocenters. The molecule has 0 bridgehead atoms. The summed E-state index contributed by atoms with van der Waals surface area (Å²) in [4.78, 5) is 2.05. The van der Waals surface area contributed by atoms with Gasteiger partial charge in [-0.1, -0.05) is 43.9 Å². The molecule has 0 fully saturated rings. The number of rotatable bonds is 0. The van der Waals surface area contributed by atoms with Crippen molar-refractivity contribution in [3.8, 4) is 11.6 Å². The number of hydrogen-bond acceptors (Lipinski definition) is 1. The van der Waals surface area contributed by atoms with E-state index in [4.69, 9.17) is 0 Å². The monoisotopic (exact) mass is 227 g/mol. The van der Waals surface area contributed by atoms with Crippen molar-refractivity contribution in [3.63, 3.8) is 0 Å². The average molecular weight is 227 g/mol. The lowest BCUT2D eigenvalue weighted by atomic mass is 10.1. The minimum absolute atomic E-state index is 1.02. The van der Waals surface area contributed by atoms with Crippen LogP contribution >= 0.6 is 0 Å². The fourth-order valence-corrected chi connectivity index (χ4v) is 2.07. The summed E-state index contributed by atoms with van der Waals surface area (Å²) in [5.74, 6) is 0. The van der Waals surface area contributed by atoms with Crippen LogP contribution in [0.1, 0.15) is 5.56 Å². The van der Waals surface area contributed by atoms with Gasteiger partial charge in [0.15, 0.2) is 0 Å². The van der Waals surface area contributed by atoms with Crippen molar-refractivity contribution < 1.29 is 0 Å². The molecule has 0 radical (unpaired) electrons. The number of nitrogens with zero attached hydrogens (tertiary/aromatic N) is 1. The second-order valence-corrected chi connectivity index (χ2v) is 9.82. The molecule has 0 saturated heterocycles. The maximum Gasteiger partial charge on any atom is 0.131 e. The smallest absolute Gasteiger partial charge is 0.131 e. The second kappa shape index (κ2) is 4.19. The first-order valence-corrected chi connectivity index (χ1v) is 9.13. The van der Waals surface area contributed by atoms with Gasteiger partial charge in [0, 0.05) is 12.2 Å². The number of para-hydroxylation sites is 1. The largest absolute Gasteiger partial charge is 0.278 e. The van der Waals surface area contributed by atoms with Crippen molar-refractivity contribution in [2.75, 3.05) is 4.90 Å². The zero-order valence-corrected chi connectivity index (χ0v) is 11.1.